The maximum atomic E-state index is 12.0. The molecule has 0 saturated carbocycles. The highest BCUT2D eigenvalue weighted by atomic mass is 127. The minimum Gasteiger partial charge on any atom is -0.448 e. The molecule has 7 nitrogen and oxygen atoms in total. The molecule has 0 aliphatic carbocycles. The first-order chi connectivity index (χ1) is 12.2. The van der Waals surface area contributed by atoms with E-state index in [0.717, 1.165) is 29.7 Å². The second kappa shape index (κ2) is 9.36. The highest BCUT2D eigenvalue weighted by molar-refractivity contribution is 14.1. The van der Waals surface area contributed by atoms with Crippen LogP contribution in [0, 0.1) is 3.70 Å². The van der Waals surface area contributed by atoms with E-state index in [9.17, 15) is 4.79 Å². The van der Waals surface area contributed by atoms with Crippen LogP contribution in [0.2, 0.25) is 0 Å². The van der Waals surface area contributed by atoms with Crippen LogP contribution in [-0.2, 0) is 16.0 Å². The maximum absolute atomic E-state index is 12.0. The fourth-order valence-corrected chi connectivity index (χ4v) is 3.18. The Morgan fingerprint density at radius 3 is 2.77 bits per heavy atom. The molecule has 0 aromatic carbocycles. The Morgan fingerprint density at radius 2 is 2.15 bits per heavy atom. The summed E-state index contributed by atoms with van der Waals surface area (Å²) in [5, 5.41) is 4.61. The molecule has 2 heterocycles. The van der Waals surface area contributed by atoms with Gasteiger partial charge in [-0.2, -0.15) is 5.10 Å². The smallest absolute Gasteiger partial charge is 0.409 e. The standard InChI is InChI=1S/C18H31IN4O3/c1-18(2,3)22(5)17(24)26-11-9-21(4)12-14-13-23(20-16(14)19)15-8-6-7-10-25-15/h13,15H,6-12H2,1-5H3. The summed E-state index contributed by atoms with van der Waals surface area (Å²) in [6.45, 7) is 8.56. The van der Waals surface area contributed by atoms with E-state index in [-0.39, 0.29) is 17.9 Å². The van der Waals surface area contributed by atoms with Gasteiger partial charge in [-0.3, -0.25) is 4.90 Å². The van der Waals surface area contributed by atoms with E-state index in [1.807, 2.05) is 32.5 Å². The fourth-order valence-electron chi connectivity index (χ4n) is 2.62. The number of hydrogen-bond acceptors (Lipinski definition) is 5. The zero-order chi connectivity index (χ0) is 19.3. The van der Waals surface area contributed by atoms with Gasteiger partial charge in [-0.15, -0.1) is 0 Å². The number of aromatic nitrogens is 2. The van der Waals surface area contributed by atoms with Gasteiger partial charge in [0.05, 0.1) is 0 Å². The lowest BCUT2D eigenvalue weighted by Crippen LogP contribution is -2.43. The molecule has 1 aromatic heterocycles. The summed E-state index contributed by atoms with van der Waals surface area (Å²) < 4.78 is 14.1. The monoisotopic (exact) mass is 478 g/mol. The van der Waals surface area contributed by atoms with Gasteiger partial charge in [0.2, 0.25) is 0 Å². The van der Waals surface area contributed by atoms with Crippen molar-refractivity contribution >= 4 is 28.7 Å². The second-order valence-electron chi connectivity index (χ2n) is 7.83. The van der Waals surface area contributed by atoms with Crippen molar-refractivity contribution in [3.63, 3.8) is 0 Å². The van der Waals surface area contributed by atoms with Crippen LogP contribution in [0.3, 0.4) is 0 Å². The number of carbonyl (C=O) groups excluding carboxylic acids is 1. The highest BCUT2D eigenvalue weighted by Gasteiger charge is 2.23. The molecule has 1 amide bonds. The van der Waals surface area contributed by atoms with Crippen LogP contribution in [0.25, 0.3) is 0 Å². The molecule has 1 atom stereocenters. The van der Waals surface area contributed by atoms with Gasteiger partial charge in [-0.1, -0.05) is 0 Å². The molecule has 148 valence electrons. The van der Waals surface area contributed by atoms with Crippen molar-refractivity contribution in [3.8, 4) is 0 Å². The summed E-state index contributed by atoms with van der Waals surface area (Å²) in [5.74, 6) is 0. The van der Waals surface area contributed by atoms with Gasteiger partial charge in [0.1, 0.15) is 16.5 Å². The number of ether oxygens (including phenoxy) is 2. The molecule has 0 N–H and O–H groups in total. The van der Waals surface area contributed by atoms with Gasteiger partial charge < -0.3 is 14.4 Å². The minimum atomic E-state index is -0.289. The average molecular weight is 478 g/mol. The Morgan fingerprint density at radius 1 is 1.42 bits per heavy atom. The van der Waals surface area contributed by atoms with E-state index in [4.69, 9.17) is 9.47 Å². The third-order valence-electron chi connectivity index (χ3n) is 4.63. The summed E-state index contributed by atoms with van der Waals surface area (Å²) in [7, 11) is 3.78. The van der Waals surface area contributed by atoms with E-state index in [0.29, 0.717) is 13.2 Å². The van der Waals surface area contributed by atoms with Crippen LogP contribution in [0.1, 0.15) is 51.8 Å². The van der Waals surface area contributed by atoms with Gasteiger partial charge >= 0.3 is 6.09 Å². The molecule has 1 aliphatic heterocycles. The van der Waals surface area contributed by atoms with Gasteiger partial charge in [-0.05, 0) is 69.7 Å². The largest absolute Gasteiger partial charge is 0.448 e. The molecule has 0 bridgehead atoms. The number of rotatable bonds is 6. The highest BCUT2D eigenvalue weighted by Crippen LogP contribution is 2.24. The van der Waals surface area contributed by atoms with E-state index in [1.54, 1.807) is 11.9 Å². The molecular weight excluding hydrogens is 447 g/mol. The topological polar surface area (TPSA) is 59.8 Å². The quantitative estimate of drug-likeness (QED) is 0.586. The van der Waals surface area contributed by atoms with Crippen LogP contribution in [0.5, 0.6) is 0 Å². The van der Waals surface area contributed by atoms with Crippen molar-refractivity contribution in [2.24, 2.45) is 0 Å². The Labute approximate surface area is 170 Å². The van der Waals surface area contributed by atoms with Crippen LogP contribution < -0.4 is 0 Å². The molecule has 1 aliphatic rings. The van der Waals surface area contributed by atoms with Crippen LogP contribution in [0.4, 0.5) is 4.79 Å². The lowest BCUT2D eigenvalue weighted by molar-refractivity contribution is -0.0397. The van der Waals surface area contributed by atoms with Crippen LogP contribution in [-0.4, -0.2) is 65.1 Å². The van der Waals surface area contributed by atoms with E-state index in [2.05, 4.69) is 38.8 Å². The van der Waals surface area contributed by atoms with Crippen molar-refractivity contribution < 1.29 is 14.3 Å². The van der Waals surface area contributed by atoms with Crippen molar-refractivity contribution in [1.29, 1.82) is 0 Å². The van der Waals surface area contributed by atoms with Crippen molar-refractivity contribution in [1.82, 2.24) is 19.6 Å². The third-order valence-corrected chi connectivity index (χ3v) is 5.53. The molecule has 2 rings (SSSR count). The average Bonchev–Trinajstić information content (AvgIpc) is 2.94. The van der Waals surface area contributed by atoms with E-state index >= 15 is 0 Å². The molecular formula is C18H31IN4O3. The van der Waals surface area contributed by atoms with E-state index in [1.165, 1.54) is 12.0 Å². The molecule has 26 heavy (non-hydrogen) atoms. The number of carbonyl (C=O) groups is 1. The zero-order valence-electron chi connectivity index (χ0n) is 16.5. The summed E-state index contributed by atoms with van der Waals surface area (Å²) in [6.07, 6.45) is 5.18. The third kappa shape index (κ3) is 6.09. The Balaban J connectivity index is 1.80. The molecule has 0 spiro atoms. The number of halogens is 1. The predicted octanol–water partition coefficient (Wildman–Crippen LogP) is 3.49. The first-order valence-corrected chi connectivity index (χ1v) is 10.2. The van der Waals surface area contributed by atoms with E-state index < -0.39 is 0 Å². The van der Waals surface area contributed by atoms with Crippen molar-refractivity contribution in [3.05, 3.63) is 15.5 Å². The summed E-state index contributed by atoms with van der Waals surface area (Å²) in [5.41, 5.74) is 0.926. The maximum Gasteiger partial charge on any atom is 0.409 e. The van der Waals surface area contributed by atoms with Crippen LogP contribution in [0.15, 0.2) is 6.20 Å². The van der Waals surface area contributed by atoms with Gasteiger partial charge in [0.15, 0.2) is 0 Å². The SMILES string of the molecule is CN(CCOC(=O)N(C)C(C)(C)C)Cc1cn(C2CCCCO2)nc1I. The normalized spacial score (nSPS) is 18.2. The number of nitrogens with zero attached hydrogens (tertiary/aromatic N) is 4. The van der Waals surface area contributed by atoms with Gasteiger partial charge in [0.25, 0.3) is 0 Å². The first kappa shape index (κ1) is 21.4. The minimum absolute atomic E-state index is 0.0604. The van der Waals surface area contributed by atoms with Crippen molar-refractivity contribution in [2.75, 3.05) is 33.9 Å². The summed E-state index contributed by atoms with van der Waals surface area (Å²) in [4.78, 5) is 15.8. The lowest BCUT2D eigenvalue weighted by atomic mass is 10.1. The number of amides is 1. The van der Waals surface area contributed by atoms with Gasteiger partial charge in [-0.25, -0.2) is 9.48 Å². The Bertz CT molecular complexity index is 594. The fraction of sp³-hybridized carbons (Fsp3) is 0.778. The molecule has 1 saturated heterocycles. The lowest BCUT2D eigenvalue weighted by Gasteiger charge is -2.31. The Kier molecular flexibility index (Phi) is 7.72. The van der Waals surface area contributed by atoms with Gasteiger partial charge in [0, 0.05) is 44.0 Å². The molecule has 1 aromatic rings. The summed E-state index contributed by atoms with van der Waals surface area (Å²) in [6, 6.07) is 0. The molecule has 1 fully saturated rings. The Hall–Kier alpha value is -0.870. The molecule has 0 radical (unpaired) electrons. The number of likely N-dealkylation sites (N-methyl/N-ethyl adjacent to an activating group) is 1. The zero-order valence-corrected chi connectivity index (χ0v) is 18.7. The molecule has 8 heteroatoms. The molecule has 1 unspecified atom stereocenters. The van der Waals surface area contributed by atoms with Crippen LogP contribution >= 0.6 is 22.6 Å². The predicted molar refractivity (Wildman–Crippen MR) is 109 cm³/mol. The second-order valence-corrected chi connectivity index (χ2v) is 8.85. The number of hydrogen-bond donors (Lipinski definition) is 0. The summed E-state index contributed by atoms with van der Waals surface area (Å²) >= 11 is 2.27. The van der Waals surface area contributed by atoms with Crippen molar-refractivity contribution in [2.45, 2.75) is 58.3 Å². The first-order valence-electron chi connectivity index (χ1n) is 9.12.